The highest BCUT2D eigenvalue weighted by atomic mass is 16.6. The zero-order valence-electron chi connectivity index (χ0n) is 15.3. The molecule has 0 unspecified atom stereocenters. The summed E-state index contributed by atoms with van der Waals surface area (Å²) in [5, 5.41) is 33.9. The first-order valence-electron chi connectivity index (χ1n) is 8.70. The van der Waals surface area contributed by atoms with Gasteiger partial charge in [0.25, 0.3) is 5.56 Å². The summed E-state index contributed by atoms with van der Waals surface area (Å²) in [5.74, 6) is 0.903. The van der Waals surface area contributed by atoms with Gasteiger partial charge in [0.15, 0.2) is 11.9 Å². The Balaban J connectivity index is 1.87. The highest BCUT2D eigenvalue weighted by molar-refractivity contribution is 5.74. The van der Waals surface area contributed by atoms with E-state index in [1.54, 1.807) is 31.2 Å². The Bertz CT molecular complexity index is 1080. The number of para-hydroxylation sites is 2. The molecule has 0 bridgehead atoms. The predicted octanol–water partition coefficient (Wildman–Crippen LogP) is -0.489. The number of rotatable bonds is 4. The molecule has 4 rings (SSSR count). The summed E-state index contributed by atoms with van der Waals surface area (Å²) in [5.41, 5.74) is 0.399. The normalized spacial score (nSPS) is 24.8. The summed E-state index contributed by atoms with van der Waals surface area (Å²) in [6.45, 7) is 1.21. The molecule has 0 radical (unpaired) electrons. The van der Waals surface area contributed by atoms with E-state index in [4.69, 9.17) is 9.47 Å². The van der Waals surface area contributed by atoms with Gasteiger partial charge in [0, 0.05) is 0 Å². The number of aromatic nitrogens is 4. The van der Waals surface area contributed by atoms with Gasteiger partial charge in [-0.25, -0.2) is 9.67 Å². The number of aliphatic hydroxyl groups is 3. The van der Waals surface area contributed by atoms with E-state index >= 15 is 0 Å². The Morgan fingerprint density at radius 1 is 1.25 bits per heavy atom. The molecule has 0 aliphatic carbocycles. The molecule has 3 N–H and O–H groups in total. The maximum atomic E-state index is 13.1. The zero-order chi connectivity index (χ0) is 20.0. The molecular weight excluding hydrogens is 368 g/mol. The third-order valence-corrected chi connectivity index (χ3v) is 4.88. The molecule has 3 heterocycles. The molecule has 0 spiro atoms. The van der Waals surface area contributed by atoms with Crippen molar-refractivity contribution in [2.45, 2.75) is 31.5 Å². The van der Waals surface area contributed by atoms with E-state index in [9.17, 15) is 20.1 Å². The van der Waals surface area contributed by atoms with Crippen molar-refractivity contribution >= 4 is 11.0 Å². The molecule has 0 saturated carbocycles. The van der Waals surface area contributed by atoms with Crippen LogP contribution >= 0.6 is 0 Å². The number of benzene rings is 1. The number of hydrogen-bond donors (Lipinski definition) is 3. The minimum atomic E-state index is -1.32. The van der Waals surface area contributed by atoms with Crippen molar-refractivity contribution in [2.75, 3.05) is 13.7 Å². The minimum Gasteiger partial charge on any atom is -0.495 e. The quantitative estimate of drug-likeness (QED) is 0.546. The van der Waals surface area contributed by atoms with Crippen molar-refractivity contribution < 1.29 is 24.8 Å². The fraction of sp³-hybridized carbons (Fsp3) is 0.389. The average molecular weight is 388 g/mol. The molecule has 1 aromatic carbocycles. The Morgan fingerprint density at radius 2 is 2.00 bits per heavy atom. The summed E-state index contributed by atoms with van der Waals surface area (Å²) in [6.07, 6.45) is -3.28. The molecule has 148 valence electrons. The Morgan fingerprint density at radius 3 is 2.68 bits per heavy atom. The van der Waals surface area contributed by atoms with Gasteiger partial charge in [0.05, 0.1) is 25.6 Å². The second kappa shape index (κ2) is 6.99. The van der Waals surface area contributed by atoms with Crippen LogP contribution in [0.1, 0.15) is 12.1 Å². The third kappa shape index (κ3) is 2.69. The largest absolute Gasteiger partial charge is 0.495 e. The molecule has 10 heteroatoms. The number of ether oxygens (including phenoxy) is 2. The number of fused-ring (bicyclic) bond motifs is 1. The van der Waals surface area contributed by atoms with Crippen LogP contribution in [0.3, 0.4) is 0 Å². The lowest BCUT2D eigenvalue weighted by Gasteiger charge is -2.17. The SMILES string of the molecule is COc1ccccc1-n1c(C)nc2c(cnn2[C@H]2O[C@@H](CO)[C@@H](O)[C@@H]2O)c1=O. The fourth-order valence-corrected chi connectivity index (χ4v) is 3.46. The molecular formula is C18H20N4O6. The first-order valence-corrected chi connectivity index (χ1v) is 8.70. The van der Waals surface area contributed by atoms with Crippen molar-refractivity contribution in [1.82, 2.24) is 19.3 Å². The maximum Gasteiger partial charge on any atom is 0.269 e. The first kappa shape index (κ1) is 18.6. The van der Waals surface area contributed by atoms with Crippen LogP contribution in [0.2, 0.25) is 0 Å². The van der Waals surface area contributed by atoms with E-state index in [1.165, 1.54) is 22.6 Å². The Kier molecular flexibility index (Phi) is 4.63. The van der Waals surface area contributed by atoms with Gasteiger partial charge < -0.3 is 24.8 Å². The van der Waals surface area contributed by atoms with E-state index in [0.717, 1.165) is 0 Å². The standard InChI is InChI=1S/C18H20N4O6/c1-9-20-16-10(17(26)21(9)11-5-3-4-6-12(11)27-2)7-19-22(16)18-15(25)14(24)13(8-23)28-18/h3-7,13-15,18,23-25H,8H2,1-2H3/t13-,14+,15-,18-/m0/s1. The third-order valence-electron chi connectivity index (χ3n) is 4.88. The van der Waals surface area contributed by atoms with Crippen LogP contribution in [0, 0.1) is 6.92 Å². The van der Waals surface area contributed by atoms with Gasteiger partial charge in [-0.15, -0.1) is 0 Å². The van der Waals surface area contributed by atoms with Gasteiger partial charge in [-0.3, -0.25) is 9.36 Å². The van der Waals surface area contributed by atoms with Gasteiger partial charge >= 0.3 is 0 Å². The zero-order valence-corrected chi connectivity index (χ0v) is 15.3. The van der Waals surface area contributed by atoms with Crippen LogP contribution in [-0.2, 0) is 4.74 Å². The van der Waals surface area contributed by atoms with Crippen LogP contribution in [0.25, 0.3) is 16.7 Å². The monoisotopic (exact) mass is 388 g/mol. The molecule has 10 nitrogen and oxygen atoms in total. The van der Waals surface area contributed by atoms with E-state index in [0.29, 0.717) is 17.3 Å². The Hall–Kier alpha value is -2.79. The molecule has 1 aliphatic heterocycles. The second-order valence-corrected chi connectivity index (χ2v) is 6.53. The second-order valence-electron chi connectivity index (χ2n) is 6.53. The van der Waals surface area contributed by atoms with Gasteiger partial charge in [0.2, 0.25) is 0 Å². The highest BCUT2D eigenvalue weighted by Crippen LogP contribution is 2.31. The van der Waals surface area contributed by atoms with Gasteiger partial charge in [-0.1, -0.05) is 12.1 Å². The summed E-state index contributed by atoms with van der Waals surface area (Å²) in [4.78, 5) is 17.6. The van der Waals surface area contributed by atoms with Crippen LogP contribution in [-0.4, -0.2) is 66.7 Å². The molecule has 1 aliphatic rings. The highest BCUT2D eigenvalue weighted by Gasteiger charge is 2.44. The van der Waals surface area contributed by atoms with Gasteiger partial charge in [-0.2, -0.15) is 5.10 Å². The topological polar surface area (TPSA) is 132 Å². The first-order chi connectivity index (χ1) is 13.5. The molecule has 3 aromatic rings. The fourth-order valence-electron chi connectivity index (χ4n) is 3.46. The lowest BCUT2D eigenvalue weighted by Crippen LogP contribution is -2.33. The minimum absolute atomic E-state index is 0.212. The van der Waals surface area contributed by atoms with E-state index in [-0.39, 0.29) is 16.6 Å². The summed E-state index contributed by atoms with van der Waals surface area (Å²) in [7, 11) is 1.52. The summed E-state index contributed by atoms with van der Waals surface area (Å²) >= 11 is 0. The van der Waals surface area contributed by atoms with E-state index in [2.05, 4.69) is 10.1 Å². The van der Waals surface area contributed by atoms with Crippen LogP contribution in [0.4, 0.5) is 0 Å². The van der Waals surface area contributed by atoms with E-state index < -0.39 is 31.1 Å². The average Bonchev–Trinajstić information content (AvgIpc) is 3.23. The Labute approximate surface area is 159 Å². The number of hydrogen-bond acceptors (Lipinski definition) is 8. The molecule has 28 heavy (non-hydrogen) atoms. The molecule has 2 aromatic heterocycles. The van der Waals surface area contributed by atoms with Gasteiger partial charge in [0.1, 0.15) is 35.3 Å². The lowest BCUT2D eigenvalue weighted by atomic mass is 10.1. The smallest absolute Gasteiger partial charge is 0.269 e. The van der Waals surface area contributed by atoms with Crippen molar-refractivity contribution in [3.63, 3.8) is 0 Å². The molecule has 4 atom stereocenters. The molecule has 1 fully saturated rings. The van der Waals surface area contributed by atoms with Crippen molar-refractivity contribution in [3.05, 3.63) is 46.6 Å². The number of aryl methyl sites for hydroxylation is 1. The van der Waals surface area contributed by atoms with Crippen molar-refractivity contribution in [1.29, 1.82) is 0 Å². The number of aliphatic hydroxyl groups excluding tert-OH is 3. The molecule has 1 saturated heterocycles. The summed E-state index contributed by atoms with van der Waals surface area (Å²) in [6, 6.07) is 7.08. The number of methoxy groups -OCH3 is 1. The van der Waals surface area contributed by atoms with Crippen LogP contribution in [0.15, 0.2) is 35.3 Å². The van der Waals surface area contributed by atoms with Crippen molar-refractivity contribution in [2.24, 2.45) is 0 Å². The van der Waals surface area contributed by atoms with Crippen LogP contribution < -0.4 is 10.3 Å². The van der Waals surface area contributed by atoms with Crippen molar-refractivity contribution in [3.8, 4) is 11.4 Å². The predicted molar refractivity (Wildman–Crippen MR) is 97.4 cm³/mol. The lowest BCUT2D eigenvalue weighted by molar-refractivity contribution is -0.0566. The van der Waals surface area contributed by atoms with Gasteiger partial charge in [-0.05, 0) is 19.1 Å². The van der Waals surface area contributed by atoms with E-state index in [1.807, 2.05) is 0 Å². The maximum absolute atomic E-state index is 13.1. The number of nitrogens with zero attached hydrogens (tertiary/aromatic N) is 4. The summed E-state index contributed by atoms with van der Waals surface area (Å²) < 4.78 is 13.5. The molecule has 0 amide bonds. The van der Waals surface area contributed by atoms with Crippen LogP contribution in [0.5, 0.6) is 5.75 Å².